The highest BCUT2D eigenvalue weighted by Crippen LogP contribution is 2.23. The third-order valence-electron chi connectivity index (χ3n) is 4.37. The lowest BCUT2D eigenvalue weighted by Gasteiger charge is -2.37. The molecule has 0 bridgehead atoms. The van der Waals surface area contributed by atoms with Gasteiger partial charge in [0, 0.05) is 32.6 Å². The first-order valence-electron chi connectivity index (χ1n) is 8.02. The van der Waals surface area contributed by atoms with Crippen LogP contribution in [-0.2, 0) is 4.79 Å². The smallest absolute Gasteiger partial charge is 0.216 e. The third kappa shape index (κ3) is 7.22. The Morgan fingerprint density at radius 1 is 1.33 bits per heavy atom. The van der Waals surface area contributed by atoms with Gasteiger partial charge < -0.3 is 10.6 Å². The van der Waals surface area contributed by atoms with E-state index in [-0.39, 0.29) is 18.3 Å². The second-order valence-corrected chi connectivity index (χ2v) is 7.26. The molecule has 0 saturated carbocycles. The molecule has 2 aliphatic heterocycles. The standard InChI is InChI=1S/C15H29N3OS.ClH/c1-13(19)17-7-8-18(15-4-9-20-10-5-15)12-14-3-2-6-16-11-14;/h14-16H,2-12H2,1H3,(H,17,19);1H. The average Bonchev–Trinajstić information content (AvgIpc) is 2.48. The number of piperidine rings is 1. The van der Waals surface area contributed by atoms with Gasteiger partial charge in [-0.1, -0.05) is 0 Å². The zero-order chi connectivity index (χ0) is 14.2. The molecule has 2 aliphatic rings. The number of carbonyl (C=O) groups is 1. The topological polar surface area (TPSA) is 44.4 Å². The number of thioether (sulfide) groups is 1. The van der Waals surface area contributed by atoms with Crippen LogP contribution in [0.1, 0.15) is 32.6 Å². The minimum Gasteiger partial charge on any atom is -0.355 e. The number of halogens is 1. The van der Waals surface area contributed by atoms with Crippen LogP contribution in [-0.4, -0.2) is 61.1 Å². The van der Waals surface area contributed by atoms with Gasteiger partial charge in [-0.15, -0.1) is 12.4 Å². The highest BCUT2D eigenvalue weighted by molar-refractivity contribution is 7.99. The van der Waals surface area contributed by atoms with Crippen LogP contribution in [0.25, 0.3) is 0 Å². The van der Waals surface area contributed by atoms with E-state index in [0.717, 1.165) is 31.6 Å². The van der Waals surface area contributed by atoms with Gasteiger partial charge in [-0.05, 0) is 56.2 Å². The number of amides is 1. The molecule has 4 nitrogen and oxygen atoms in total. The van der Waals surface area contributed by atoms with E-state index >= 15 is 0 Å². The van der Waals surface area contributed by atoms with Gasteiger partial charge in [0.15, 0.2) is 0 Å². The van der Waals surface area contributed by atoms with Crippen LogP contribution in [0.2, 0.25) is 0 Å². The van der Waals surface area contributed by atoms with E-state index in [9.17, 15) is 4.79 Å². The molecule has 0 aromatic heterocycles. The molecule has 1 amide bonds. The zero-order valence-corrected chi connectivity index (χ0v) is 14.7. The van der Waals surface area contributed by atoms with Gasteiger partial charge in [0.25, 0.3) is 0 Å². The molecule has 0 aromatic rings. The summed E-state index contributed by atoms with van der Waals surface area (Å²) >= 11 is 2.08. The number of rotatable bonds is 6. The van der Waals surface area contributed by atoms with Gasteiger partial charge in [0.2, 0.25) is 5.91 Å². The summed E-state index contributed by atoms with van der Waals surface area (Å²) < 4.78 is 0. The monoisotopic (exact) mass is 335 g/mol. The molecular weight excluding hydrogens is 306 g/mol. The van der Waals surface area contributed by atoms with E-state index < -0.39 is 0 Å². The Morgan fingerprint density at radius 2 is 2.10 bits per heavy atom. The minimum atomic E-state index is 0. The Bertz CT molecular complexity index is 295. The summed E-state index contributed by atoms with van der Waals surface area (Å²) in [6.07, 6.45) is 5.28. The Balaban J connectivity index is 0.00000220. The van der Waals surface area contributed by atoms with Crippen LogP contribution < -0.4 is 10.6 Å². The highest BCUT2D eigenvalue weighted by atomic mass is 35.5. The third-order valence-corrected chi connectivity index (χ3v) is 5.42. The normalized spacial score (nSPS) is 23.6. The molecule has 1 atom stereocenters. The highest BCUT2D eigenvalue weighted by Gasteiger charge is 2.24. The van der Waals surface area contributed by atoms with Gasteiger partial charge in [-0.3, -0.25) is 9.69 Å². The lowest BCUT2D eigenvalue weighted by atomic mass is 9.97. The van der Waals surface area contributed by atoms with Crippen molar-refractivity contribution in [2.75, 3.05) is 44.2 Å². The molecule has 124 valence electrons. The molecule has 1 unspecified atom stereocenters. The van der Waals surface area contributed by atoms with E-state index in [1.807, 2.05) is 0 Å². The maximum Gasteiger partial charge on any atom is 0.216 e. The molecule has 6 heteroatoms. The summed E-state index contributed by atoms with van der Waals surface area (Å²) in [5.74, 6) is 3.47. The van der Waals surface area contributed by atoms with Crippen LogP contribution in [0.5, 0.6) is 0 Å². The quantitative estimate of drug-likeness (QED) is 0.776. The fourth-order valence-corrected chi connectivity index (χ4v) is 4.34. The second kappa shape index (κ2) is 10.7. The predicted molar refractivity (Wildman–Crippen MR) is 93.4 cm³/mol. The van der Waals surface area contributed by atoms with Crippen molar-refractivity contribution in [2.45, 2.75) is 38.6 Å². The first-order valence-corrected chi connectivity index (χ1v) is 9.18. The van der Waals surface area contributed by atoms with Crippen molar-refractivity contribution in [2.24, 2.45) is 5.92 Å². The Hall–Kier alpha value is 0.0300. The number of carbonyl (C=O) groups excluding carboxylic acids is 1. The van der Waals surface area contributed by atoms with Crippen LogP contribution in [0.15, 0.2) is 0 Å². The molecule has 2 fully saturated rings. The van der Waals surface area contributed by atoms with Gasteiger partial charge in [-0.2, -0.15) is 11.8 Å². The molecule has 2 rings (SSSR count). The number of hydrogen-bond acceptors (Lipinski definition) is 4. The van der Waals surface area contributed by atoms with Crippen LogP contribution in [0.3, 0.4) is 0 Å². The minimum absolute atomic E-state index is 0. The number of nitrogens with one attached hydrogen (secondary N) is 2. The average molecular weight is 336 g/mol. The van der Waals surface area contributed by atoms with E-state index in [0.29, 0.717) is 0 Å². The van der Waals surface area contributed by atoms with Crippen LogP contribution in [0.4, 0.5) is 0 Å². The Morgan fingerprint density at radius 3 is 2.71 bits per heavy atom. The van der Waals surface area contributed by atoms with Crippen molar-refractivity contribution in [1.82, 2.24) is 15.5 Å². The molecule has 0 aliphatic carbocycles. The van der Waals surface area contributed by atoms with Crippen LogP contribution in [0, 0.1) is 5.92 Å². The number of hydrogen-bond donors (Lipinski definition) is 2. The van der Waals surface area contributed by atoms with E-state index in [2.05, 4.69) is 27.3 Å². The van der Waals surface area contributed by atoms with E-state index in [1.165, 1.54) is 50.3 Å². The molecule has 0 spiro atoms. The summed E-state index contributed by atoms with van der Waals surface area (Å²) in [4.78, 5) is 13.7. The van der Waals surface area contributed by atoms with Gasteiger partial charge in [-0.25, -0.2) is 0 Å². The molecule has 0 radical (unpaired) electrons. The van der Waals surface area contributed by atoms with Gasteiger partial charge >= 0.3 is 0 Å². The molecular formula is C15H30ClN3OS. The second-order valence-electron chi connectivity index (χ2n) is 6.03. The lowest BCUT2D eigenvalue weighted by molar-refractivity contribution is -0.119. The predicted octanol–water partition coefficient (Wildman–Crippen LogP) is 1.74. The first kappa shape index (κ1) is 19.1. The summed E-state index contributed by atoms with van der Waals surface area (Å²) in [6.45, 7) is 6.94. The SMILES string of the molecule is CC(=O)NCCN(CC1CCCNC1)C1CCSCC1.Cl. The van der Waals surface area contributed by atoms with Crippen LogP contribution >= 0.6 is 24.2 Å². The fourth-order valence-electron chi connectivity index (χ4n) is 3.26. The largest absolute Gasteiger partial charge is 0.355 e. The van der Waals surface area contributed by atoms with Crippen molar-refractivity contribution >= 4 is 30.1 Å². The first-order chi connectivity index (χ1) is 9.75. The molecule has 0 aromatic carbocycles. The Kier molecular flexibility index (Phi) is 9.73. The lowest BCUT2D eigenvalue weighted by Crippen LogP contribution is -2.47. The van der Waals surface area contributed by atoms with Crippen molar-refractivity contribution in [3.63, 3.8) is 0 Å². The molecule has 2 heterocycles. The zero-order valence-electron chi connectivity index (χ0n) is 13.1. The Labute approximate surface area is 139 Å². The summed E-state index contributed by atoms with van der Waals surface area (Å²) in [6, 6.07) is 0.729. The van der Waals surface area contributed by atoms with Crippen molar-refractivity contribution < 1.29 is 4.79 Å². The van der Waals surface area contributed by atoms with E-state index in [1.54, 1.807) is 6.92 Å². The molecule has 21 heavy (non-hydrogen) atoms. The van der Waals surface area contributed by atoms with Gasteiger partial charge in [0.1, 0.15) is 0 Å². The maximum atomic E-state index is 11.0. The molecule has 2 N–H and O–H groups in total. The van der Waals surface area contributed by atoms with Gasteiger partial charge in [0.05, 0.1) is 0 Å². The van der Waals surface area contributed by atoms with Crippen molar-refractivity contribution in [3.05, 3.63) is 0 Å². The summed E-state index contributed by atoms with van der Waals surface area (Å²) in [5.41, 5.74) is 0. The fraction of sp³-hybridized carbons (Fsp3) is 0.933. The van der Waals surface area contributed by atoms with Crippen molar-refractivity contribution in [1.29, 1.82) is 0 Å². The summed E-state index contributed by atoms with van der Waals surface area (Å²) in [5, 5.41) is 6.47. The van der Waals surface area contributed by atoms with E-state index in [4.69, 9.17) is 0 Å². The number of nitrogens with zero attached hydrogens (tertiary/aromatic N) is 1. The van der Waals surface area contributed by atoms with Crippen molar-refractivity contribution in [3.8, 4) is 0 Å². The summed E-state index contributed by atoms with van der Waals surface area (Å²) in [7, 11) is 0. The molecule has 2 saturated heterocycles. The maximum absolute atomic E-state index is 11.0.